The lowest BCUT2D eigenvalue weighted by Crippen LogP contribution is -2.32. The summed E-state index contributed by atoms with van der Waals surface area (Å²) in [4.78, 5) is 11.6. The van der Waals surface area contributed by atoms with Crippen LogP contribution < -0.4 is 14.8 Å². The average Bonchev–Trinajstić information content (AvgIpc) is 2.52. The van der Waals surface area contributed by atoms with Crippen molar-refractivity contribution in [3.05, 3.63) is 59.1 Å². The number of para-hydroxylation sites is 1. The molecule has 0 spiro atoms. The topological polar surface area (TPSA) is 47.6 Å². The first kappa shape index (κ1) is 15.4. The molecular formula is C16H16BrNO3. The fraction of sp³-hybridized carbons (Fsp3) is 0.188. The standard InChI is InChI=1S/C16H16BrNO3/c17-13-6-8-15(9-7-13)21-12-16(19)18-10-11-20-14-4-2-1-3-5-14/h1-9H,10-12H2,(H,18,19). The van der Waals surface area contributed by atoms with E-state index in [2.05, 4.69) is 21.2 Å². The van der Waals surface area contributed by atoms with Crippen molar-refractivity contribution in [1.82, 2.24) is 5.32 Å². The number of carbonyl (C=O) groups is 1. The molecule has 0 aliphatic rings. The van der Waals surface area contributed by atoms with E-state index in [1.807, 2.05) is 42.5 Å². The van der Waals surface area contributed by atoms with Gasteiger partial charge in [0.2, 0.25) is 0 Å². The Balaban J connectivity index is 1.60. The summed E-state index contributed by atoms with van der Waals surface area (Å²) in [5.74, 6) is 1.28. The normalized spacial score (nSPS) is 9.95. The van der Waals surface area contributed by atoms with E-state index in [1.54, 1.807) is 12.1 Å². The Morgan fingerprint density at radius 2 is 1.62 bits per heavy atom. The zero-order valence-corrected chi connectivity index (χ0v) is 13.0. The van der Waals surface area contributed by atoms with Crippen LogP contribution in [-0.4, -0.2) is 25.7 Å². The van der Waals surface area contributed by atoms with Crippen molar-refractivity contribution in [3.8, 4) is 11.5 Å². The van der Waals surface area contributed by atoms with Crippen LogP contribution in [0, 0.1) is 0 Å². The molecule has 1 amide bonds. The van der Waals surface area contributed by atoms with Crippen molar-refractivity contribution in [1.29, 1.82) is 0 Å². The maximum absolute atomic E-state index is 11.6. The number of carbonyl (C=O) groups excluding carboxylic acids is 1. The number of rotatable bonds is 7. The first-order valence-corrected chi connectivity index (χ1v) is 7.36. The quantitative estimate of drug-likeness (QED) is 0.781. The van der Waals surface area contributed by atoms with Gasteiger partial charge >= 0.3 is 0 Å². The minimum absolute atomic E-state index is 0.00697. The predicted octanol–water partition coefficient (Wildman–Crippen LogP) is 3.02. The number of nitrogens with one attached hydrogen (secondary N) is 1. The van der Waals surface area contributed by atoms with Crippen molar-refractivity contribution in [2.45, 2.75) is 0 Å². The van der Waals surface area contributed by atoms with Gasteiger partial charge in [-0.15, -0.1) is 0 Å². The summed E-state index contributed by atoms with van der Waals surface area (Å²) in [6, 6.07) is 16.8. The molecule has 0 atom stereocenters. The molecule has 0 unspecified atom stereocenters. The maximum Gasteiger partial charge on any atom is 0.258 e. The van der Waals surface area contributed by atoms with Crippen LogP contribution in [0.5, 0.6) is 11.5 Å². The van der Waals surface area contributed by atoms with Crippen molar-refractivity contribution in [2.24, 2.45) is 0 Å². The van der Waals surface area contributed by atoms with Crippen molar-refractivity contribution >= 4 is 21.8 Å². The second-order valence-corrected chi connectivity index (χ2v) is 5.17. The molecular weight excluding hydrogens is 334 g/mol. The molecule has 0 saturated heterocycles. The van der Waals surface area contributed by atoms with E-state index in [-0.39, 0.29) is 12.5 Å². The van der Waals surface area contributed by atoms with Gasteiger partial charge in [-0.3, -0.25) is 4.79 Å². The number of ether oxygens (including phenoxy) is 2. The monoisotopic (exact) mass is 349 g/mol. The smallest absolute Gasteiger partial charge is 0.258 e. The third-order valence-corrected chi connectivity index (χ3v) is 3.15. The molecule has 0 aromatic heterocycles. The van der Waals surface area contributed by atoms with Gasteiger partial charge in [0.25, 0.3) is 5.91 Å². The molecule has 0 aliphatic carbocycles. The SMILES string of the molecule is O=C(COc1ccc(Br)cc1)NCCOc1ccccc1. The van der Waals surface area contributed by atoms with Crippen molar-refractivity contribution in [3.63, 3.8) is 0 Å². The van der Waals surface area contributed by atoms with Crippen LogP contribution in [0.4, 0.5) is 0 Å². The van der Waals surface area contributed by atoms with E-state index in [4.69, 9.17) is 9.47 Å². The molecule has 4 nitrogen and oxygen atoms in total. The highest BCUT2D eigenvalue weighted by molar-refractivity contribution is 9.10. The highest BCUT2D eigenvalue weighted by Crippen LogP contribution is 2.15. The third-order valence-electron chi connectivity index (χ3n) is 2.62. The largest absolute Gasteiger partial charge is 0.492 e. The Kier molecular flexibility index (Phi) is 6.09. The molecule has 2 aromatic carbocycles. The minimum Gasteiger partial charge on any atom is -0.492 e. The minimum atomic E-state index is -0.172. The van der Waals surface area contributed by atoms with E-state index >= 15 is 0 Å². The molecule has 2 rings (SSSR count). The van der Waals surface area contributed by atoms with Crippen molar-refractivity contribution in [2.75, 3.05) is 19.8 Å². The van der Waals surface area contributed by atoms with Gasteiger partial charge < -0.3 is 14.8 Å². The van der Waals surface area contributed by atoms with Gasteiger partial charge in [-0.2, -0.15) is 0 Å². The van der Waals surface area contributed by atoms with E-state index < -0.39 is 0 Å². The van der Waals surface area contributed by atoms with E-state index in [9.17, 15) is 4.79 Å². The van der Waals surface area contributed by atoms with Crippen LogP contribution in [0.1, 0.15) is 0 Å². The highest BCUT2D eigenvalue weighted by Gasteiger charge is 2.02. The molecule has 5 heteroatoms. The molecule has 0 radical (unpaired) electrons. The molecule has 1 N–H and O–H groups in total. The lowest BCUT2D eigenvalue weighted by molar-refractivity contribution is -0.123. The van der Waals surface area contributed by atoms with Gasteiger partial charge in [0, 0.05) is 4.47 Å². The summed E-state index contributed by atoms with van der Waals surface area (Å²) in [7, 11) is 0. The number of hydrogen-bond donors (Lipinski definition) is 1. The average molecular weight is 350 g/mol. The van der Waals surface area contributed by atoms with Crippen LogP contribution in [0.15, 0.2) is 59.1 Å². The molecule has 2 aromatic rings. The van der Waals surface area contributed by atoms with Crippen LogP contribution in [0.25, 0.3) is 0 Å². The first-order valence-electron chi connectivity index (χ1n) is 6.57. The summed E-state index contributed by atoms with van der Waals surface area (Å²) in [5.41, 5.74) is 0. The molecule has 0 saturated carbocycles. The van der Waals surface area contributed by atoms with Crippen LogP contribution >= 0.6 is 15.9 Å². The zero-order valence-electron chi connectivity index (χ0n) is 11.4. The van der Waals surface area contributed by atoms with Gasteiger partial charge in [-0.1, -0.05) is 34.1 Å². The van der Waals surface area contributed by atoms with Crippen LogP contribution in [-0.2, 0) is 4.79 Å². The summed E-state index contributed by atoms with van der Waals surface area (Å²) in [5, 5.41) is 2.74. The van der Waals surface area contributed by atoms with Gasteiger partial charge in [0.15, 0.2) is 6.61 Å². The fourth-order valence-electron chi connectivity index (χ4n) is 1.61. The summed E-state index contributed by atoms with van der Waals surface area (Å²) in [6.07, 6.45) is 0. The lowest BCUT2D eigenvalue weighted by atomic mass is 10.3. The van der Waals surface area contributed by atoms with Gasteiger partial charge in [-0.05, 0) is 36.4 Å². The molecule has 0 heterocycles. The molecule has 110 valence electrons. The van der Waals surface area contributed by atoms with Gasteiger partial charge in [0.1, 0.15) is 18.1 Å². The maximum atomic E-state index is 11.6. The van der Waals surface area contributed by atoms with Gasteiger partial charge in [-0.25, -0.2) is 0 Å². The number of amides is 1. The summed E-state index contributed by atoms with van der Waals surface area (Å²) >= 11 is 3.34. The first-order chi connectivity index (χ1) is 10.2. The zero-order chi connectivity index (χ0) is 14.9. The Morgan fingerprint density at radius 1 is 0.952 bits per heavy atom. The fourth-order valence-corrected chi connectivity index (χ4v) is 1.87. The Hall–Kier alpha value is -2.01. The second-order valence-electron chi connectivity index (χ2n) is 4.25. The van der Waals surface area contributed by atoms with Crippen molar-refractivity contribution < 1.29 is 14.3 Å². The van der Waals surface area contributed by atoms with E-state index in [0.717, 1.165) is 10.2 Å². The van der Waals surface area contributed by atoms with Gasteiger partial charge in [0.05, 0.1) is 6.54 Å². The lowest BCUT2D eigenvalue weighted by Gasteiger charge is -2.09. The number of halogens is 1. The Bertz CT molecular complexity index is 557. The Labute approximate surface area is 132 Å². The highest BCUT2D eigenvalue weighted by atomic mass is 79.9. The van der Waals surface area contributed by atoms with Crippen LogP contribution in [0.3, 0.4) is 0 Å². The van der Waals surface area contributed by atoms with Crippen LogP contribution in [0.2, 0.25) is 0 Å². The molecule has 0 aliphatic heterocycles. The third kappa shape index (κ3) is 5.87. The Morgan fingerprint density at radius 3 is 2.33 bits per heavy atom. The molecule has 0 fully saturated rings. The molecule has 21 heavy (non-hydrogen) atoms. The van der Waals surface area contributed by atoms with E-state index in [1.165, 1.54) is 0 Å². The molecule has 0 bridgehead atoms. The summed E-state index contributed by atoms with van der Waals surface area (Å²) < 4.78 is 11.8. The summed E-state index contributed by atoms with van der Waals surface area (Å²) in [6.45, 7) is 0.860. The van der Waals surface area contributed by atoms with E-state index in [0.29, 0.717) is 18.9 Å². The predicted molar refractivity (Wildman–Crippen MR) is 84.6 cm³/mol. The second kappa shape index (κ2) is 8.32. The number of hydrogen-bond acceptors (Lipinski definition) is 3. The number of benzene rings is 2.